The van der Waals surface area contributed by atoms with Crippen molar-refractivity contribution < 1.29 is 8.78 Å². The van der Waals surface area contributed by atoms with Crippen LogP contribution >= 0.6 is 11.6 Å². The first-order chi connectivity index (χ1) is 8.52. The lowest BCUT2D eigenvalue weighted by atomic mass is 9.98. The molecule has 2 aromatic carbocycles. The average molecular weight is 268 g/mol. The smallest absolute Gasteiger partial charge is 0.160 e. The summed E-state index contributed by atoms with van der Waals surface area (Å²) in [4.78, 5) is 0. The first-order valence-corrected chi connectivity index (χ1v) is 5.85. The van der Waals surface area contributed by atoms with Gasteiger partial charge in [0.1, 0.15) is 0 Å². The van der Waals surface area contributed by atoms with E-state index in [0.29, 0.717) is 12.1 Å². The van der Waals surface area contributed by atoms with Crippen molar-refractivity contribution in [2.45, 2.75) is 13.5 Å². The molecule has 4 heteroatoms. The van der Waals surface area contributed by atoms with Gasteiger partial charge in [0.25, 0.3) is 0 Å². The molecule has 0 radical (unpaired) electrons. The van der Waals surface area contributed by atoms with Crippen molar-refractivity contribution in [1.29, 1.82) is 0 Å². The summed E-state index contributed by atoms with van der Waals surface area (Å²) in [6.45, 7) is 2.32. The van der Waals surface area contributed by atoms with Crippen LogP contribution in [0.25, 0.3) is 11.1 Å². The van der Waals surface area contributed by atoms with E-state index in [0.717, 1.165) is 28.8 Å². The average Bonchev–Trinajstić information content (AvgIpc) is 2.34. The van der Waals surface area contributed by atoms with Crippen LogP contribution in [0.3, 0.4) is 0 Å². The predicted octanol–water partition coefficient (Wildman–Crippen LogP) is 4.05. The van der Waals surface area contributed by atoms with Crippen molar-refractivity contribution in [3.8, 4) is 11.1 Å². The molecule has 0 bridgehead atoms. The highest BCUT2D eigenvalue weighted by Gasteiger charge is 2.12. The van der Waals surface area contributed by atoms with E-state index in [9.17, 15) is 8.78 Å². The second kappa shape index (κ2) is 5.04. The van der Waals surface area contributed by atoms with Gasteiger partial charge in [-0.3, -0.25) is 0 Å². The summed E-state index contributed by atoms with van der Waals surface area (Å²) < 4.78 is 26.3. The maximum Gasteiger partial charge on any atom is 0.160 e. The fraction of sp³-hybridized carbons (Fsp3) is 0.143. The van der Waals surface area contributed by atoms with Gasteiger partial charge in [0.05, 0.1) is 5.02 Å². The second-order valence-electron chi connectivity index (χ2n) is 4.10. The van der Waals surface area contributed by atoms with Crippen LogP contribution in [0.2, 0.25) is 5.02 Å². The molecule has 0 amide bonds. The lowest BCUT2D eigenvalue weighted by molar-refractivity contribution is 0.509. The third-order valence-electron chi connectivity index (χ3n) is 2.83. The topological polar surface area (TPSA) is 26.0 Å². The minimum absolute atomic E-state index is 0.192. The summed E-state index contributed by atoms with van der Waals surface area (Å²) in [6.07, 6.45) is 0. The molecule has 2 aromatic rings. The molecule has 1 nitrogen and oxygen atoms in total. The summed E-state index contributed by atoms with van der Waals surface area (Å²) in [5.41, 5.74) is 8.71. The normalized spacial score (nSPS) is 10.7. The minimum atomic E-state index is -0.944. The molecule has 0 saturated carbocycles. The molecule has 0 heterocycles. The number of benzene rings is 2. The summed E-state index contributed by atoms with van der Waals surface area (Å²) in [7, 11) is 0. The number of rotatable bonds is 2. The van der Waals surface area contributed by atoms with Crippen molar-refractivity contribution in [2.75, 3.05) is 0 Å². The van der Waals surface area contributed by atoms with Crippen LogP contribution in [0.4, 0.5) is 8.78 Å². The van der Waals surface area contributed by atoms with Crippen molar-refractivity contribution >= 4 is 11.6 Å². The number of halogens is 3. The Kier molecular flexibility index (Phi) is 3.64. The molecule has 0 aromatic heterocycles. The van der Waals surface area contributed by atoms with E-state index < -0.39 is 11.6 Å². The Hall–Kier alpha value is -1.45. The zero-order valence-corrected chi connectivity index (χ0v) is 10.6. The van der Waals surface area contributed by atoms with Crippen LogP contribution in [-0.4, -0.2) is 0 Å². The van der Waals surface area contributed by atoms with Crippen molar-refractivity contribution in [3.63, 3.8) is 0 Å². The minimum Gasteiger partial charge on any atom is -0.326 e. The maximum atomic E-state index is 13.3. The number of nitrogens with two attached hydrogens (primary N) is 1. The molecule has 0 fully saturated rings. The summed E-state index contributed by atoms with van der Waals surface area (Å²) in [6, 6.07) is 7.67. The van der Waals surface area contributed by atoms with Crippen molar-refractivity contribution in [3.05, 3.63) is 58.1 Å². The standard InChI is InChI=1S/C14H12ClF2N/c1-8-4-9(7-18)2-3-10(8)11-5-13(16)14(17)6-12(11)15/h2-6H,7,18H2,1H3. The third kappa shape index (κ3) is 2.37. The molecule has 0 unspecified atom stereocenters. The van der Waals surface area contributed by atoms with Crippen LogP contribution in [0.1, 0.15) is 11.1 Å². The quantitative estimate of drug-likeness (QED) is 0.816. The van der Waals surface area contributed by atoms with Crippen LogP contribution in [0, 0.1) is 18.6 Å². The molecule has 18 heavy (non-hydrogen) atoms. The monoisotopic (exact) mass is 267 g/mol. The molecule has 94 valence electrons. The molecule has 2 rings (SSSR count). The van der Waals surface area contributed by atoms with Gasteiger partial charge in [-0.1, -0.05) is 29.8 Å². The van der Waals surface area contributed by atoms with E-state index in [1.54, 1.807) is 0 Å². The van der Waals surface area contributed by atoms with Gasteiger partial charge in [-0.15, -0.1) is 0 Å². The van der Waals surface area contributed by atoms with Gasteiger partial charge in [0, 0.05) is 12.1 Å². The van der Waals surface area contributed by atoms with E-state index in [2.05, 4.69) is 0 Å². The largest absolute Gasteiger partial charge is 0.326 e. The van der Waals surface area contributed by atoms with Gasteiger partial charge in [0.15, 0.2) is 11.6 Å². The summed E-state index contributed by atoms with van der Waals surface area (Å²) in [5.74, 6) is -1.85. The van der Waals surface area contributed by atoms with Gasteiger partial charge >= 0.3 is 0 Å². The van der Waals surface area contributed by atoms with Gasteiger partial charge in [0.2, 0.25) is 0 Å². The number of hydrogen-bond acceptors (Lipinski definition) is 1. The Morgan fingerprint density at radius 2 is 1.72 bits per heavy atom. The third-order valence-corrected chi connectivity index (χ3v) is 3.14. The summed E-state index contributed by atoms with van der Waals surface area (Å²) >= 11 is 5.95. The molecule has 0 atom stereocenters. The zero-order valence-electron chi connectivity index (χ0n) is 9.81. The van der Waals surface area contributed by atoms with E-state index in [1.807, 2.05) is 25.1 Å². The molecule has 0 spiro atoms. The highest BCUT2D eigenvalue weighted by Crippen LogP contribution is 2.32. The fourth-order valence-corrected chi connectivity index (χ4v) is 2.14. The van der Waals surface area contributed by atoms with Crippen LogP contribution in [0.5, 0.6) is 0 Å². The molecular weight excluding hydrogens is 256 g/mol. The van der Waals surface area contributed by atoms with E-state index >= 15 is 0 Å². The predicted molar refractivity (Wildman–Crippen MR) is 69.4 cm³/mol. The SMILES string of the molecule is Cc1cc(CN)ccc1-c1cc(F)c(F)cc1Cl. The van der Waals surface area contributed by atoms with Crippen LogP contribution in [0.15, 0.2) is 30.3 Å². The molecule has 0 aliphatic rings. The summed E-state index contributed by atoms with van der Waals surface area (Å²) in [5, 5.41) is 0.192. The first kappa shape index (κ1) is 13.0. The number of aryl methyl sites for hydroxylation is 1. The Bertz CT molecular complexity index is 597. The van der Waals surface area contributed by atoms with Gasteiger partial charge in [-0.05, 0) is 35.7 Å². The zero-order chi connectivity index (χ0) is 13.3. The van der Waals surface area contributed by atoms with E-state index in [4.69, 9.17) is 17.3 Å². The molecular formula is C14H12ClF2N. The first-order valence-electron chi connectivity index (χ1n) is 5.47. The van der Waals surface area contributed by atoms with Crippen molar-refractivity contribution in [2.24, 2.45) is 5.73 Å². The molecule has 0 aliphatic carbocycles. The molecule has 2 N–H and O–H groups in total. The van der Waals surface area contributed by atoms with E-state index in [-0.39, 0.29) is 5.02 Å². The maximum absolute atomic E-state index is 13.3. The van der Waals surface area contributed by atoms with Gasteiger partial charge in [-0.25, -0.2) is 8.78 Å². The highest BCUT2D eigenvalue weighted by molar-refractivity contribution is 6.33. The molecule has 0 saturated heterocycles. The Labute approximate surface area is 109 Å². The van der Waals surface area contributed by atoms with Gasteiger partial charge in [-0.2, -0.15) is 0 Å². The van der Waals surface area contributed by atoms with Crippen LogP contribution in [-0.2, 0) is 6.54 Å². The van der Waals surface area contributed by atoms with E-state index in [1.165, 1.54) is 0 Å². The molecule has 0 aliphatic heterocycles. The lowest BCUT2D eigenvalue weighted by Gasteiger charge is -2.10. The lowest BCUT2D eigenvalue weighted by Crippen LogP contribution is -1.97. The highest BCUT2D eigenvalue weighted by atomic mass is 35.5. The Morgan fingerprint density at radius 1 is 1.06 bits per heavy atom. The van der Waals surface area contributed by atoms with Crippen LogP contribution < -0.4 is 5.73 Å². The Balaban J connectivity index is 2.58. The van der Waals surface area contributed by atoms with Crippen molar-refractivity contribution in [1.82, 2.24) is 0 Å². The van der Waals surface area contributed by atoms with Gasteiger partial charge < -0.3 is 5.73 Å². The fourth-order valence-electron chi connectivity index (χ4n) is 1.88. The second-order valence-corrected chi connectivity index (χ2v) is 4.51. The number of hydrogen-bond donors (Lipinski definition) is 1. The Morgan fingerprint density at radius 3 is 2.33 bits per heavy atom.